The van der Waals surface area contributed by atoms with Crippen molar-refractivity contribution in [1.29, 1.82) is 0 Å². The summed E-state index contributed by atoms with van der Waals surface area (Å²) in [6.07, 6.45) is 4.10. The van der Waals surface area contributed by atoms with Crippen LogP contribution in [0.1, 0.15) is 11.1 Å². The second-order valence-electron chi connectivity index (χ2n) is 3.97. The first-order chi connectivity index (χ1) is 9.24. The Balaban J connectivity index is 2.33. The number of rotatable bonds is 4. The SMILES string of the molecule is COc1cc(Br)c(/C=C/c2ccccc2)cc1OC. The van der Waals surface area contributed by atoms with E-state index in [4.69, 9.17) is 9.47 Å². The van der Waals surface area contributed by atoms with Gasteiger partial charge in [0, 0.05) is 4.47 Å². The highest BCUT2D eigenvalue weighted by atomic mass is 79.9. The van der Waals surface area contributed by atoms with Crippen LogP contribution in [-0.4, -0.2) is 14.2 Å². The van der Waals surface area contributed by atoms with Crippen molar-refractivity contribution in [2.24, 2.45) is 0 Å². The van der Waals surface area contributed by atoms with Gasteiger partial charge >= 0.3 is 0 Å². The average Bonchev–Trinajstić information content (AvgIpc) is 2.46. The highest BCUT2D eigenvalue weighted by Gasteiger charge is 2.07. The summed E-state index contributed by atoms with van der Waals surface area (Å²) in [5.74, 6) is 1.43. The molecule has 0 saturated carbocycles. The average molecular weight is 319 g/mol. The zero-order valence-corrected chi connectivity index (χ0v) is 12.5. The first kappa shape index (κ1) is 13.7. The monoisotopic (exact) mass is 318 g/mol. The van der Waals surface area contributed by atoms with Crippen LogP contribution in [0.15, 0.2) is 46.9 Å². The lowest BCUT2D eigenvalue weighted by atomic mass is 10.1. The third kappa shape index (κ3) is 3.38. The summed E-state index contributed by atoms with van der Waals surface area (Å²) in [7, 11) is 3.26. The van der Waals surface area contributed by atoms with Gasteiger partial charge < -0.3 is 9.47 Å². The number of hydrogen-bond acceptors (Lipinski definition) is 2. The van der Waals surface area contributed by atoms with Gasteiger partial charge in [0.05, 0.1) is 14.2 Å². The maximum Gasteiger partial charge on any atom is 0.161 e. The van der Waals surface area contributed by atoms with Crippen LogP contribution in [0.4, 0.5) is 0 Å². The normalized spacial score (nSPS) is 10.7. The number of hydrogen-bond donors (Lipinski definition) is 0. The molecule has 0 N–H and O–H groups in total. The van der Waals surface area contributed by atoms with Crippen LogP contribution in [0.5, 0.6) is 11.5 Å². The molecule has 0 atom stereocenters. The van der Waals surface area contributed by atoms with Crippen LogP contribution in [0.2, 0.25) is 0 Å². The van der Waals surface area contributed by atoms with Crippen molar-refractivity contribution in [2.75, 3.05) is 14.2 Å². The van der Waals surface area contributed by atoms with Crippen molar-refractivity contribution in [1.82, 2.24) is 0 Å². The first-order valence-electron chi connectivity index (χ1n) is 5.89. The van der Waals surface area contributed by atoms with Crippen molar-refractivity contribution in [3.8, 4) is 11.5 Å². The molecule has 0 aliphatic heterocycles. The molecule has 2 nitrogen and oxygen atoms in total. The Labute approximate surface area is 121 Å². The first-order valence-corrected chi connectivity index (χ1v) is 6.68. The predicted molar refractivity (Wildman–Crippen MR) is 82.6 cm³/mol. The van der Waals surface area contributed by atoms with Gasteiger partial charge in [0.1, 0.15) is 0 Å². The van der Waals surface area contributed by atoms with Gasteiger partial charge in [-0.15, -0.1) is 0 Å². The lowest BCUT2D eigenvalue weighted by Gasteiger charge is -2.09. The fourth-order valence-corrected chi connectivity index (χ4v) is 2.20. The number of methoxy groups -OCH3 is 2. The molecule has 98 valence electrons. The maximum atomic E-state index is 5.30. The molecule has 2 aromatic rings. The molecule has 19 heavy (non-hydrogen) atoms. The smallest absolute Gasteiger partial charge is 0.161 e. The number of halogens is 1. The third-order valence-electron chi connectivity index (χ3n) is 2.76. The van der Waals surface area contributed by atoms with Gasteiger partial charge in [0.2, 0.25) is 0 Å². The standard InChI is InChI=1S/C16H15BrO2/c1-18-15-10-13(14(17)11-16(15)19-2)9-8-12-6-4-3-5-7-12/h3-11H,1-2H3/b9-8+. The fourth-order valence-electron chi connectivity index (χ4n) is 1.75. The second-order valence-corrected chi connectivity index (χ2v) is 4.83. The molecule has 0 aliphatic rings. The Bertz CT molecular complexity index is 577. The number of benzene rings is 2. The molecule has 0 saturated heterocycles. The summed E-state index contributed by atoms with van der Waals surface area (Å²) in [5, 5.41) is 0. The Kier molecular flexibility index (Phi) is 4.63. The van der Waals surface area contributed by atoms with E-state index in [2.05, 4.69) is 34.1 Å². The zero-order valence-electron chi connectivity index (χ0n) is 10.9. The van der Waals surface area contributed by atoms with Crippen LogP contribution in [0, 0.1) is 0 Å². The van der Waals surface area contributed by atoms with Gasteiger partial charge in [-0.3, -0.25) is 0 Å². The summed E-state index contributed by atoms with van der Waals surface area (Å²) in [6, 6.07) is 14.0. The van der Waals surface area contributed by atoms with Crippen LogP contribution < -0.4 is 9.47 Å². The topological polar surface area (TPSA) is 18.5 Å². The summed E-state index contributed by atoms with van der Waals surface area (Å²) < 4.78 is 11.5. The van der Waals surface area contributed by atoms with E-state index in [9.17, 15) is 0 Å². The molecule has 0 spiro atoms. The summed E-state index contributed by atoms with van der Waals surface area (Å²) in [4.78, 5) is 0. The van der Waals surface area contributed by atoms with E-state index in [0.29, 0.717) is 5.75 Å². The predicted octanol–water partition coefficient (Wildman–Crippen LogP) is 4.64. The van der Waals surface area contributed by atoms with Crippen molar-refractivity contribution < 1.29 is 9.47 Å². The van der Waals surface area contributed by atoms with E-state index in [-0.39, 0.29) is 0 Å². The molecule has 0 amide bonds. The molecule has 0 fully saturated rings. The molecule has 3 heteroatoms. The maximum absolute atomic E-state index is 5.30. The molecule has 0 heterocycles. The summed E-state index contributed by atoms with van der Waals surface area (Å²) in [5.41, 5.74) is 2.20. The second kappa shape index (κ2) is 6.43. The molecule has 0 unspecified atom stereocenters. The summed E-state index contributed by atoms with van der Waals surface area (Å²) >= 11 is 3.54. The van der Waals surface area contributed by atoms with Crippen LogP contribution in [0.3, 0.4) is 0 Å². The van der Waals surface area contributed by atoms with E-state index in [1.54, 1.807) is 14.2 Å². The van der Waals surface area contributed by atoms with Gasteiger partial charge in [0.25, 0.3) is 0 Å². The van der Waals surface area contributed by atoms with Gasteiger partial charge in [0.15, 0.2) is 11.5 Å². The lowest BCUT2D eigenvalue weighted by molar-refractivity contribution is 0.354. The van der Waals surface area contributed by atoms with Gasteiger partial charge in [-0.25, -0.2) is 0 Å². The minimum absolute atomic E-state index is 0.714. The minimum Gasteiger partial charge on any atom is -0.493 e. The Hall–Kier alpha value is -1.74. The lowest BCUT2D eigenvalue weighted by Crippen LogP contribution is -1.91. The van der Waals surface area contributed by atoms with Crippen LogP contribution in [0.25, 0.3) is 12.2 Å². The largest absolute Gasteiger partial charge is 0.493 e. The van der Waals surface area contributed by atoms with Crippen molar-refractivity contribution in [3.63, 3.8) is 0 Å². The minimum atomic E-state index is 0.714. The van der Waals surface area contributed by atoms with Crippen molar-refractivity contribution in [3.05, 3.63) is 58.1 Å². The van der Waals surface area contributed by atoms with E-state index < -0.39 is 0 Å². The fraction of sp³-hybridized carbons (Fsp3) is 0.125. The highest BCUT2D eigenvalue weighted by molar-refractivity contribution is 9.10. The molecule has 0 radical (unpaired) electrons. The van der Waals surface area contributed by atoms with Gasteiger partial charge in [-0.1, -0.05) is 58.4 Å². The third-order valence-corrected chi connectivity index (χ3v) is 3.44. The highest BCUT2D eigenvalue weighted by Crippen LogP contribution is 2.34. The molecule has 2 rings (SSSR count). The molecule has 0 bridgehead atoms. The van der Waals surface area contributed by atoms with Crippen molar-refractivity contribution >= 4 is 28.1 Å². The van der Waals surface area contributed by atoms with E-state index >= 15 is 0 Å². The molecule has 2 aromatic carbocycles. The van der Waals surface area contributed by atoms with E-state index in [1.807, 2.05) is 36.4 Å². The Morgan fingerprint density at radius 2 is 1.53 bits per heavy atom. The van der Waals surface area contributed by atoms with Crippen LogP contribution in [-0.2, 0) is 0 Å². The quantitative estimate of drug-likeness (QED) is 0.765. The van der Waals surface area contributed by atoms with Crippen LogP contribution >= 0.6 is 15.9 Å². The summed E-state index contributed by atoms with van der Waals surface area (Å²) in [6.45, 7) is 0. The molecular formula is C16H15BrO2. The van der Waals surface area contributed by atoms with E-state index in [0.717, 1.165) is 21.3 Å². The van der Waals surface area contributed by atoms with Gasteiger partial charge in [-0.2, -0.15) is 0 Å². The molecule has 0 aliphatic carbocycles. The Morgan fingerprint density at radius 1 is 0.895 bits per heavy atom. The Morgan fingerprint density at radius 3 is 2.16 bits per heavy atom. The van der Waals surface area contributed by atoms with E-state index in [1.165, 1.54) is 0 Å². The van der Waals surface area contributed by atoms with Gasteiger partial charge in [-0.05, 0) is 23.3 Å². The molecule has 0 aromatic heterocycles. The number of ether oxygens (including phenoxy) is 2. The zero-order chi connectivity index (χ0) is 13.7. The van der Waals surface area contributed by atoms with Crippen molar-refractivity contribution in [2.45, 2.75) is 0 Å². The molecular weight excluding hydrogens is 304 g/mol.